The lowest BCUT2D eigenvalue weighted by Gasteiger charge is -2.31. The molecule has 7 nitrogen and oxygen atoms in total. The molecule has 1 amide bonds. The molecule has 2 saturated heterocycles. The summed E-state index contributed by atoms with van der Waals surface area (Å²) in [6, 6.07) is 12.3. The zero-order valence-corrected chi connectivity index (χ0v) is 20.3. The van der Waals surface area contributed by atoms with Gasteiger partial charge in [0.2, 0.25) is 0 Å². The van der Waals surface area contributed by atoms with E-state index in [-0.39, 0.29) is 11.3 Å². The molecule has 1 atom stereocenters. The lowest BCUT2D eigenvalue weighted by Crippen LogP contribution is -2.42. The molecule has 35 heavy (non-hydrogen) atoms. The Labute approximate surface area is 206 Å². The van der Waals surface area contributed by atoms with E-state index in [9.17, 15) is 14.7 Å². The molecular formula is C28H32N2O5. The number of benzene rings is 2. The van der Waals surface area contributed by atoms with Crippen molar-refractivity contribution in [3.63, 3.8) is 0 Å². The summed E-state index contributed by atoms with van der Waals surface area (Å²) in [5, 5.41) is 11.4. The SMILES string of the molecule is C=CCOc1ccc(C(O)=C2C(=O)C(=O)N(CCN3CCOCC3)C2c2ccc(C)cc2)c(C)c1. The van der Waals surface area contributed by atoms with Gasteiger partial charge in [0.05, 0.1) is 24.8 Å². The molecule has 2 fully saturated rings. The van der Waals surface area contributed by atoms with Crippen molar-refractivity contribution in [2.24, 2.45) is 0 Å². The number of aliphatic hydroxyl groups is 1. The smallest absolute Gasteiger partial charge is 0.295 e. The highest BCUT2D eigenvalue weighted by Crippen LogP contribution is 2.40. The van der Waals surface area contributed by atoms with Crippen LogP contribution >= 0.6 is 0 Å². The molecule has 2 aliphatic heterocycles. The van der Waals surface area contributed by atoms with Crippen LogP contribution in [0, 0.1) is 13.8 Å². The van der Waals surface area contributed by atoms with Gasteiger partial charge in [0.1, 0.15) is 18.1 Å². The van der Waals surface area contributed by atoms with E-state index in [4.69, 9.17) is 9.47 Å². The first-order valence-electron chi connectivity index (χ1n) is 11.9. The van der Waals surface area contributed by atoms with Crippen LogP contribution in [0.1, 0.15) is 28.3 Å². The van der Waals surface area contributed by atoms with Crippen LogP contribution in [-0.2, 0) is 14.3 Å². The van der Waals surface area contributed by atoms with Crippen LogP contribution in [0.5, 0.6) is 5.75 Å². The first kappa shape index (κ1) is 24.7. The molecular weight excluding hydrogens is 444 g/mol. The Hall–Kier alpha value is -3.42. The fourth-order valence-corrected chi connectivity index (χ4v) is 4.57. The third-order valence-electron chi connectivity index (χ3n) is 6.51. The lowest BCUT2D eigenvalue weighted by atomic mass is 9.93. The topological polar surface area (TPSA) is 79.3 Å². The molecule has 2 heterocycles. The van der Waals surface area contributed by atoms with Gasteiger partial charge < -0.3 is 19.5 Å². The highest BCUT2D eigenvalue weighted by atomic mass is 16.5. The number of hydrogen-bond donors (Lipinski definition) is 1. The van der Waals surface area contributed by atoms with E-state index in [2.05, 4.69) is 11.5 Å². The lowest BCUT2D eigenvalue weighted by molar-refractivity contribution is -0.140. The number of Topliss-reactive ketones (excluding diaryl/α,β-unsaturated/α-hetero) is 1. The number of ketones is 1. The van der Waals surface area contributed by atoms with Crippen molar-refractivity contribution in [3.05, 3.63) is 82.9 Å². The number of ether oxygens (including phenoxy) is 2. The van der Waals surface area contributed by atoms with Gasteiger partial charge in [-0.3, -0.25) is 14.5 Å². The van der Waals surface area contributed by atoms with E-state index >= 15 is 0 Å². The molecule has 0 saturated carbocycles. The first-order valence-corrected chi connectivity index (χ1v) is 11.9. The predicted molar refractivity (Wildman–Crippen MR) is 134 cm³/mol. The minimum Gasteiger partial charge on any atom is -0.507 e. The summed E-state index contributed by atoms with van der Waals surface area (Å²) in [5.41, 5.74) is 3.22. The molecule has 0 aliphatic carbocycles. The largest absolute Gasteiger partial charge is 0.507 e. The van der Waals surface area contributed by atoms with Gasteiger partial charge in [0, 0.05) is 31.7 Å². The molecule has 0 radical (unpaired) electrons. The quantitative estimate of drug-likeness (QED) is 0.271. The Morgan fingerprint density at radius 3 is 2.49 bits per heavy atom. The third-order valence-corrected chi connectivity index (χ3v) is 6.51. The molecule has 0 bridgehead atoms. The van der Waals surface area contributed by atoms with Crippen molar-refractivity contribution >= 4 is 17.4 Å². The second kappa shape index (κ2) is 10.9. The fraction of sp³-hybridized carbons (Fsp3) is 0.357. The second-order valence-electron chi connectivity index (χ2n) is 8.93. The average Bonchev–Trinajstić information content (AvgIpc) is 3.12. The summed E-state index contributed by atoms with van der Waals surface area (Å²) in [4.78, 5) is 30.3. The maximum atomic E-state index is 13.3. The predicted octanol–water partition coefficient (Wildman–Crippen LogP) is 3.62. The molecule has 1 unspecified atom stereocenters. The maximum Gasteiger partial charge on any atom is 0.295 e. The molecule has 2 aromatic carbocycles. The number of aryl methyl sites for hydroxylation is 2. The minimum atomic E-state index is -0.665. The Morgan fingerprint density at radius 2 is 1.83 bits per heavy atom. The maximum absolute atomic E-state index is 13.3. The summed E-state index contributed by atoms with van der Waals surface area (Å²) in [5.74, 6) is -0.786. The Morgan fingerprint density at radius 1 is 1.11 bits per heavy atom. The van der Waals surface area contributed by atoms with Gasteiger partial charge in [0.15, 0.2) is 0 Å². The second-order valence-corrected chi connectivity index (χ2v) is 8.93. The van der Waals surface area contributed by atoms with Crippen molar-refractivity contribution < 1.29 is 24.2 Å². The minimum absolute atomic E-state index is 0.115. The number of carbonyl (C=O) groups is 2. The first-order chi connectivity index (χ1) is 16.9. The Balaban J connectivity index is 1.72. The summed E-state index contributed by atoms with van der Waals surface area (Å²) >= 11 is 0. The molecule has 1 N–H and O–H groups in total. The molecule has 2 aromatic rings. The zero-order chi connectivity index (χ0) is 24.9. The van der Waals surface area contributed by atoms with Crippen LogP contribution in [0.4, 0.5) is 0 Å². The molecule has 0 aromatic heterocycles. The fourth-order valence-electron chi connectivity index (χ4n) is 4.57. The van der Waals surface area contributed by atoms with Crippen molar-refractivity contribution in [2.45, 2.75) is 19.9 Å². The Kier molecular flexibility index (Phi) is 7.68. The highest BCUT2D eigenvalue weighted by Gasteiger charge is 2.46. The third kappa shape index (κ3) is 5.31. The molecule has 2 aliphatic rings. The van der Waals surface area contributed by atoms with Crippen molar-refractivity contribution in [3.8, 4) is 5.75 Å². The zero-order valence-electron chi connectivity index (χ0n) is 20.3. The van der Waals surface area contributed by atoms with E-state index in [1.165, 1.54) is 0 Å². The molecule has 0 spiro atoms. The summed E-state index contributed by atoms with van der Waals surface area (Å²) in [7, 11) is 0. The van der Waals surface area contributed by atoms with Gasteiger partial charge in [-0.1, -0.05) is 42.5 Å². The number of aliphatic hydroxyl groups excluding tert-OH is 1. The molecule has 4 rings (SSSR count). The van der Waals surface area contributed by atoms with Gasteiger partial charge >= 0.3 is 0 Å². The van der Waals surface area contributed by atoms with Crippen molar-refractivity contribution in [1.29, 1.82) is 0 Å². The van der Waals surface area contributed by atoms with Crippen LogP contribution in [0.2, 0.25) is 0 Å². The number of rotatable bonds is 8. The average molecular weight is 477 g/mol. The van der Waals surface area contributed by atoms with Crippen LogP contribution in [0.25, 0.3) is 5.76 Å². The number of hydrogen-bond acceptors (Lipinski definition) is 6. The summed E-state index contributed by atoms with van der Waals surface area (Å²) < 4.78 is 11.0. The number of amides is 1. The number of likely N-dealkylation sites (tertiary alicyclic amines) is 1. The van der Waals surface area contributed by atoms with Gasteiger partial charge in [0.25, 0.3) is 11.7 Å². The van der Waals surface area contributed by atoms with E-state index < -0.39 is 17.7 Å². The van der Waals surface area contributed by atoms with Crippen molar-refractivity contribution in [2.75, 3.05) is 46.0 Å². The standard InChI is InChI=1S/C28H32N2O5/c1-4-15-35-22-9-10-23(20(3)18-22)26(31)24-25(21-7-5-19(2)6-8-21)30(28(33)27(24)32)12-11-29-13-16-34-17-14-29/h4-10,18,25,31H,1,11-17H2,2-3H3. The van der Waals surface area contributed by atoms with Crippen LogP contribution < -0.4 is 4.74 Å². The number of morpholine rings is 1. The van der Waals surface area contributed by atoms with Gasteiger partial charge in [-0.2, -0.15) is 0 Å². The summed E-state index contributed by atoms with van der Waals surface area (Å²) in [6.45, 7) is 11.8. The van der Waals surface area contributed by atoms with E-state index in [0.29, 0.717) is 44.2 Å². The number of carbonyl (C=O) groups excluding carboxylic acids is 2. The van der Waals surface area contributed by atoms with Crippen LogP contribution in [0.15, 0.2) is 60.7 Å². The molecule has 7 heteroatoms. The molecule has 184 valence electrons. The van der Waals surface area contributed by atoms with E-state index in [0.717, 1.165) is 29.8 Å². The highest BCUT2D eigenvalue weighted by molar-refractivity contribution is 6.46. The summed E-state index contributed by atoms with van der Waals surface area (Å²) in [6.07, 6.45) is 1.66. The van der Waals surface area contributed by atoms with Crippen LogP contribution in [-0.4, -0.2) is 72.6 Å². The van der Waals surface area contributed by atoms with E-state index in [1.54, 1.807) is 29.2 Å². The van der Waals surface area contributed by atoms with Gasteiger partial charge in [-0.15, -0.1) is 0 Å². The number of nitrogens with zero attached hydrogens (tertiary/aromatic N) is 2. The van der Waals surface area contributed by atoms with Crippen molar-refractivity contribution in [1.82, 2.24) is 9.80 Å². The van der Waals surface area contributed by atoms with Gasteiger partial charge in [-0.05, 0) is 43.2 Å². The monoisotopic (exact) mass is 476 g/mol. The Bertz CT molecular complexity index is 1130. The van der Waals surface area contributed by atoms with Crippen LogP contribution in [0.3, 0.4) is 0 Å². The normalized spacial score (nSPS) is 20.3. The van der Waals surface area contributed by atoms with Gasteiger partial charge in [-0.25, -0.2) is 0 Å². The van der Waals surface area contributed by atoms with E-state index in [1.807, 2.05) is 38.1 Å².